The zero-order valence-corrected chi connectivity index (χ0v) is 20.4. The molecule has 0 aromatic heterocycles. The maximum Gasteiger partial charge on any atom is 0.321 e. The lowest BCUT2D eigenvalue weighted by atomic mass is 9.89. The smallest absolute Gasteiger partial charge is 0.321 e. The third-order valence-electron chi connectivity index (χ3n) is 6.53. The lowest BCUT2D eigenvalue weighted by molar-refractivity contribution is 0.0950. The molecular formula is C29H33N3O3. The summed E-state index contributed by atoms with van der Waals surface area (Å²) in [6.07, 6.45) is 2.89. The fourth-order valence-corrected chi connectivity index (χ4v) is 4.46. The largest absolute Gasteiger partial charge is 0.497 e. The number of hydrogen-bond acceptors (Lipinski definition) is 3. The molecule has 0 aliphatic carbocycles. The molecule has 1 atom stereocenters. The molecular weight excluding hydrogens is 438 g/mol. The summed E-state index contributed by atoms with van der Waals surface area (Å²) in [6.45, 7) is 3.90. The number of benzene rings is 3. The zero-order valence-electron chi connectivity index (χ0n) is 20.4. The van der Waals surface area contributed by atoms with Gasteiger partial charge in [0.05, 0.1) is 7.11 Å². The van der Waals surface area contributed by atoms with Gasteiger partial charge in [0.1, 0.15) is 5.75 Å². The first kappa shape index (κ1) is 24.3. The van der Waals surface area contributed by atoms with Crippen LogP contribution in [0.5, 0.6) is 5.75 Å². The molecule has 1 aliphatic heterocycles. The maximum atomic E-state index is 12.9. The summed E-state index contributed by atoms with van der Waals surface area (Å²) in [5.41, 5.74) is 4.75. The van der Waals surface area contributed by atoms with E-state index in [0.717, 1.165) is 48.4 Å². The standard InChI is InChI=1S/C29H33N3O3/c1-3-21-12-14-26(15-13-21)31-29(34)32-16-6-10-25(20-32)23-8-5-9-24(18-23)28(33)30-19-22-7-4-11-27(17-22)35-2/h4-5,7-9,11-15,17-18,25H,3,6,10,16,19-20H2,1-2H3,(H,30,33)(H,31,34). The Labute approximate surface area is 207 Å². The number of nitrogens with one attached hydrogen (secondary N) is 2. The molecule has 3 aromatic carbocycles. The van der Waals surface area contributed by atoms with Gasteiger partial charge >= 0.3 is 6.03 Å². The van der Waals surface area contributed by atoms with Gasteiger partial charge in [-0.25, -0.2) is 4.79 Å². The van der Waals surface area contributed by atoms with Crippen molar-refractivity contribution in [2.45, 2.75) is 38.6 Å². The summed E-state index contributed by atoms with van der Waals surface area (Å²) in [6, 6.07) is 23.3. The Bertz CT molecular complexity index is 1160. The number of methoxy groups -OCH3 is 1. The summed E-state index contributed by atoms with van der Waals surface area (Å²) in [5, 5.41) is 6.01. The van der Waals surface area contributed by atoms with Crippen molar-refractivity contribution >= 4 is 17.6 Å². The van der Waals surface area contributed by atoms with Gasteiger partial charge in [0.2, 0.25) is 0 Å². The van der Waals surface area contributed by atoms with E-state index in [1.54, 1.807) is 7.11 Å². The van der Waals surface area contributed by atoms with Gasteiger partial charge in [-0.15, -0.1) is 0 Å². The number of amides is 3. The number of piperidine rings is 1. The van der Waals surface area contributed by atoms with Crippen LogP contribution in [0.3, 0.4) is 0 Å². The van der Waals surface area contributed by atoms with E-state index in [-0.39, 0.29) is 17.9 Å². The normalized spacial score (nSPS) is 15.4. The second-order valence-corrected chi connectivity index (χ2v) is 8.93. The van der Waals surface area contributed by atoms with Crippen LogP contribution in [0.1, 0.15) is 52.7 Å². The second kappa shape index (κ2) is 11.6. The van der Waals surface area contributed by atoms with Crippen molar-refractivity contribution < 1.29 is 14.3 Å². The Kier molecular flexibility index (Phi) is 8.03. The summed E-state index contributed by atoms with van der Waals surface area (Å²) >= 11 is 0. The molecule has 0 spiro atoms. The van der Waals surface area contributed by atoms with Gasteiger partial charge in [-0.3, -0.25) is 4.79 Å². The number of aryl methyl sites for hydroxylation is 1. The molecule has 182 valence electrons. The molecule has 35 heavy (non-hydrogen) atoms. The Balaban J connectivity index is 1.36. The van der Waals surface area contributed by atoms with Gasteiger partial charge in [0.15, 0.2) is 0 Å². The number of urea groups is 1. The van der Waals surface area contributed by atoms with E-state index in [1.165, 1.54) is 5.56 Å². The second-order valence-electron chi connectivity index (χ2n) is 8.93. The molecule has 2 N–H and O–H groups in total. The zero-order chi connectivity index (χ0) is 24.6. The fourth-order valence-electron chi connectivity index (χ4n) is 4.46. The quantitative estimate of drug-likeness (QED) is 0.471. The predicted octanol–water partition coefficient (Wildman–Crippen LogP) is 5.60. The minimum Gasteiger partial charge on any atom is -0.497 e. The van der Waals surface area contributed by atoms with Crippen molar-refractivity contribution in [3.63, 3.8) is 0 Å². The highest BCUT2D eigenvalue weighted by atomic mass is 16.5. The predicted molar refractivity (Wildman–Crippen MR) is 139 cm³/mol. The minimum atomic E-state index is -0.115. The Morgan fingerprint density at radius 1 is 1.00 bits per heavy atom. The number of hydrogen-bond donors (Lipinski definition) is 2. The third kappa shape index (κ3) is 6.41. The van der Waals surface area contributed by atoms with Crippen molar-refractivity contribution in [3.05, 3.63) is 95.1 Å². The van der Waals surface area contributed by atoms with Crippen LogP contribution in [0.4, 0.5) is 10.5 Å². The molecule has 1 heterocycles. The van der Waals surface area contributed by atoms with E-state index in [1.807, 2.05) is 77.7 Å². The molecule has 4 rings (SSSR count). The molecule has 0 radical (unpaired) electrons. The van der Waals surface area contributed by atoms with Gasteiger partial charge in [0, 0.05) is 36.8 Å². The Morgan fingerprint density at radius 2 is 1.80 bits per heavy atom. The molecule has 0 bridgehead atoms. The highest BCUT2D eigenvalue weighted by Gasteiger charge is 2.25. The number of anilines is 1. The van der Waals surface area contributed by atoms with Crippen molar-refractivity contribution in [2.75, 3.05) is 25.5 Å². The van der Waals surface area contributed by atoms with Crippen molar-refractivity contribution in [2.24, 2.45) is 0 Å². The van der Waals surface area contributed by atoms with E-state index in [9.17, 15) is 9.59 Å². The lowest BCUT2D eigenvalue weighted by Gasteiger charge is -2.33. The topological polar surface area (TPSA) is 70.7 Å². The molecule has 6 heteroatoms. The van der Waals surface area contributed by atoms with Crippen LogP contribution in [0.25, 0.3) is 0 Å². The number of likely N-dealkylation sites (tertiary alicyclic amines) is 1. The maximum absolute atomic E-state index is 12.9. The molecule has 1 aliphatic rings. The minimum absolute atomic E-state index is 0.0777. The van der Waals surface area contributed by atoms with E-state index < -0.39 is 0 Å². The van der Waals surface area contributed by atoms with Gasteiger partial charge < -0.3 is 20.3 Å². The summed E-state index contributed by atoms with van der Waals surface area (Å²) < 4.78 is 5.25. The van der Waals surface area contributed by atoms with Crippen LogP contribution in [0, 0.1) is 0 Å². The van der Waals surface area contributed by atoms with E-state index in [4.69, 9.17) is 4.74 Å². The SMILES string of the molecule is CCc1ccc(NC(=O)N2CCCC(c3cccc(C(=O)NCc4cccc(OC)c4)c3)C2)cc1. The first-order valence-corrected chi connectivity index (χ1v) is 12.2. The lowest BCUT2D eigenvalue weighted by Crippen LogP contribution is -2.41. The molecule has 1 fully saturated rings. The van der Waals surface area contributed by atoms with Crippen molar-refractivity contribution in [1.82, 2.24) is 10.2 Å². The first-order chi connectivity index (χ1) is 17.1. The summed E-state index contributed by atoms with van der Waals surface area (Å²) in [5.74, 6) is 0.848. The number of carbonyl (C=O) groups excluding carboxylic acids is 2. The monoisotopic (exact) mass is 471 g/mol. The summed E-state index contributed by atoms with van der Waals surface area (Å²) in [4.78, 5) is 27.6. The molecule has 1 unspecified atom stereocenters. The van der Waals surface area contributed by atoms with E-state index >= 15 is 0 Å². The molecule has 1 saturated heterocycles. The van der Waals surface area contributed by atoms with Gasteiger partial charge in [-0.05, 0) is 72.4 Å². The number of rotatable bonds is 7. The summed E-state index contributed by atoms with van der Waals surface area (Å²) in [7, 11) is 1.63. The average Bonchev–Trinajstić information content (AvgIpc) is 2.92. The van der Waals surface area contributed by atoms with Crippen LogP contribution in [-0.4, -0.2) is 37.0 Å². The van der Waals surface area contributed by atoms with Gasteiger partial charge in [-0.1, -0.05) is 43.3 Å². The van der Waals surface area contributed by atoms with Crippen LogP contribution >= 0.6 is 0 Å². The number of nitrogens with zero attached hydrogens (tertiary/aromatic N) is 1. The van der Waals surface area contributed by atoms with Crippen LogP contribution in [0.15, 0.2) is 72.8 Å². The van der Waals surface area contributed by atoms with Crippen LogP contribution in [-0.2, 0) is 13.0 Å². The molecule has 3 aromatic rings. The van der Waals surface area contributed by atoms with Crippen LogP contribution in [0.2, 0.25) is 0 Å². The fraction of sp³-hybridized carbons (Fsp3) is 0.310. The Hall–Kier alpha value is -3.80. The van der Waals surface area contributed by atoms with Crippen molar-refractivity contribution in [1.29, 1.82) is 0 Å². The van der Waals surface area contributed by atoms with E-state index in [0.29, 0.717) is 18.7 Å². The number of carbonyl (C=O) groups is 2. The van der Waals surface area contributed by atoms with Crippen molar-refractivity contribution in [3.8, 4) is 5.75 Å². The van der Waals surface area contributed by atoms with Gasteiger partial charge in [0.25, 0.3) is 5.91 Å². The highest BCUT2D eigenvalue weighted by molar-refractivity contribution is 5.94. The van der Waals surface area contributed by atoms with Gasteiger partial charge in [-0.2, -0.15) is 0 Å². The first-order valence-electron chi connectivity index (χ1n) is 12.2. The number of ether oxygens (including phenoxy) is 1. The third-order valence-corrected chi connectivity index (χ3v) is 6.53. The molecule has 6 nitrogen and oxygen atoms in total. The Morgan fingerprint density at radius 3 is 2.57 bits per heavy atom. The van der Waals surface area contributed by atoms with E-state index in [2.05, 4.69) is 17.6 Å². The van der Waals surface area contributed by atoms with Crippen LogP contribution < -0.4 is 15.4 Å². The average molecular weight is 472 g/mol. The molecule has 0 saturated carbocycles. The highest BCUT2D eigenvalue weighted by Crippen LogP contribution is 2.28. The molecule has 3 amide bonds.